The van der Waals surface area contributed by atoms with Crippen LogP contribution in [0.5, 0.6) is 5.75 Å². The highest BCUT2D eigenvalue weighted by atomic mass is 16.5. The number of nitrogens with zero attached hydrogens (tertiary/aromatic N) is 1. The second-order valence-corrected chi connectivity index (χ2v) is 5.67. The maximum Gasteiger partial charge on any atom is 0.253 e. The minimum absolute atomic E-state index is 0.0449. The number of rotatable bonds is 7. The lowest BCUT2D eigenvalue weighted by atomic mass is 10.1. The molecule has 1 amide bonds. The SMILES string of the molecule is CCCCCOc1ccc(C(=O)N2CCC(CO)C2)cc1. The summed E-state index contributed by atoms with van der Waals surface area (Å²) in [5.41, 5.74) is 0.689. The van der Waals surface area contributed by atoms with E-state index in [1.807, 2.05) is 29.2 Å². The van der Waals surface area contributed by atoms with Crippen molar-refractivity contribution in [2.75, 3.05) is 26.3 Å². The molecule has 4 heteroatoms. The van der Waals surface area contributed by atoms with Crippen LogP contribution in [-0.4, -0.2) is 42.2 Å². The topological polar surface area (TPSA) is 49.8 Å². The molecule has 1 unspecified atom stereocenters. The molecule has 0 bridgehead atoms. The van der Waals surface area contributed by atoms with Crippen molar-refractivity contribution in [2.24, 2.45) is 5.92 Å². The van der Waals surface area contributed by atoms with Gasteiger partial charge in [0.2, 0.25) is 0 Å². The van der Waals surface area contributed by atoms with Gasteiger partial charge in [0, 0.05) is 31.2 Å². The van der Waals surface area contributed by atoms with Gasteiger partial charge in [0.15, 0.2) is 0 Å². The lowest BCUT2D eigenvalue weighted by molar-refractivity contribution is 0.0782. The molecule has 0 saturated carbocycles. The van der Waals surface area contributed by atoms with Gasteiger partial charge in [-0.25, -0.2) is 0 Å². The molecule has 1 fully saturated rings. The van der Waals surface area contributed by atoms with Gasteiger partial charge in [-0.1, -0.05) is 19.8 Å². The first-order valence-electron chi connectivity index (χ1n) is 7.87. The standard InChI is InChI=1S/C17H25NO3/c1-2-3-4-11-21-16-7-5-15(6-8-16)17(20)18-10-9-14(12-18)13-19/h5-8,14,19H,2-4,9-13H2,1H3. The number of aliphatic hydroxyl groups excluding tert-OH is 1. The fourth-order valence-electron chi connectivity index (χ4n) is 2.58. The van der Waals surface area contributed by atoms with Crippen LogP contribution in [0.15, 0.2) is 24.3 Å². The molecule has 1 N–H and O–H groups in total. The lowest BCUT2D eigenvalue weighted by Gasteiger charge is -2.16. The molecule has 0 radical (unpaired) electrons. The van der Waals surface area contributed by atoms with E-state index in [2.05, 4.69) is 6.92 Å². The van der Waals surface area contributed by atoms with E-state index < -0.39 is 0 Å². The smallest absolute Gasteiger partial charge is 0.253 e. The number of likely N-dealkylation sites (tertiary alicyclic amines) is 1. The van der Waals surface area contributed by atoms with Crippen LogP contribution in [0.4, 0.5) is 0 Å². The van der Waals surface area contributed by atoms with Crippen molar-refractivity contribution in [3.05, 3.63) is 29.8 Å². The average Bonchev–Trinajstić information content (AvgIpc) is 3.00. The minimum atomic E-state index is 0.0449. The first kappa shape index (κ1) is 15.8. The molecule has 0 spiro atoms. The Kier molecular flexibility index (Phi) is 6.05. The number of carbonyl (C=O) groups is 1. The Morgan fingerprint density at radius 1 is 1.33 bits per heavy atom. The number of amides is 1. The largest absolute Gasteiger partial charge is 0.494 e. The third-order valence-corrected chi connectivity index (χ3v) is 3.95. The van der Waals surface area contributed by atoms with E-state index in [1.165, 1.54) is 12.8 Å². The Bertz CT molecular complexity index is 444. The predicted molar refractivity (Wildman–Crippen MR) is 82.6 cm³/mol. The summed E-state index contributed by atoms with van der Waals surface area (Å²) in [5, 5.41) is 9.14. The summed E-state index contributed by atoms with van der Waals surface area (Å²) < 4.78 is 5.64. The van der Waals surface area contributed by atoms with Crippen molar-refractivity contribution in [3.8, 4) is 5.75 Å². The molecular weight excluding hydrogens is 266 g/mol. The summed E-state index contributed by atoms with van der Waals surface area (Å²) in [6.45, 7) is 4.45. The zero-order valence-electron chi connectivity index (χ0n) is 12.8. The number of hydrogen-bond acceptors (Lipinski definition) is 3. The van der Waals surface area contributed by atoms with Gasteiger partial charge >= 0.3 is 0 Å². The number of benzene rings is 1. The summed E-state index contributed by atoms with van der Waals surface area (Å²) >= 11 is 0. The molecule has 1 saturated heterocycles. The van der Waals surface area contributed by atoms with Gasteiger partial charge in [-0.3, -0.25) is 4.79 Å². The quantitative estimate of drug-likeness (QED) is 0.786. The van der Waals surface area contributed by atoms with Crippen LogP contribution in [0.1, 0.15) is 43.0 Å². The van der Waals surface area contributed by atoms with E-state index in [4.69, 9.17) is 9.84 Å². The van der Waals surface area contributed by atoms with Gasteiger partial charge in [0.05, 0.1) is 6.61 Å². The molecule has 0 aliphatic carbocycles. The molecule has 1 heterocycles. The van der Waals surface area contributed by atoms with Crippen LogP contribution in [0, 0.1) is 5.92 Å². The van der Waals surface area contributed by atoms with Crippen molar-refractivity contribution in [2.45, 2.75) is 32.6 Å². The molecule has 21 heavy (non-hydrogen) atoms. The molecule has 4 nitrogen and oxygen atoms in total. The molecule has 1 aliphatic rings. The molecular formula is C17H25NO3. The molecule has 1 aliphatic heterocycles. The first-order chi connectivity index (χ1) is 10.2. The highest BCUT2D eigenvalue weighted by molar-refractivity contribution is 5.94. The Morgan fingerprint density at radius 2 is 2.10 bits per heavy atom. The number of hydrogen-bond donors (Lipinski definition) is 1. The molecule has 1 aromatic rings. The van der Waals surface area contributed by atoms with Crippen LogP contribution in [0.25, 0.3) is 0 Å². The Hall–Kier alpha value is -1.55. The van der Waals surface area contributed by atoms with E-state index in [1.54, 1.807) is 0 Å². The van der Waals surface area contributed by atoms with Crippen LogP contribution in [0.3, 0.4) is 0 Å². The van der Waals surface area contributed by atoms with E-state index >= 15 is 0 Å². The summed E-state index contributed by atoms with van der Waals surface area (Å²) in [4.78, 5) is 14.1. The van der Waals surface area contributed by atoms with E-state index in [-0.39, 0.29) is 18.4 Å². The summed E-state index contributed by atoms with van der Waals surface area (Å²) in [5.74, 6) is 1.09. The van der Waals surface area contributed by atoms with E-state index in [0.717, 1.165) is 31.7 Å². The summed E-state index contributed by atoms with van der Waals surface area (Å²) in [6.07, 6.45) is 4.31. The van der Waals surface area contributed by atoms with Crippen LogP contribution < -0.4 is 4.74 Å². The number of aliphatic hydroxyl groups is 1. The van der Waals surface area contributed by atoms with E-state index in [9.17, 15) is 4.79 Å². The zero-order valence-corrected chi connectivity index (χ0v) is 12.8. The maximum atomic E-state index is 12.3. The third-order valence-electron chi connectivity index (χ3n) is 3.95. The van der Waals surface area contributed by atoms with Gasteiger partial charge in [-0.05, 0) is 37.1 Å². The van der Waals surface area contributed by atoms with Crippen molar-refractivity contribution in [1.82, 2.24) is 4.90 Å². The number of carbonyl (C=O) groups excluding carboxylic acids is 1. The van der Waals surface area contributed by atoms with Crippen molar-refractivity contribution < 1.29 is 14.6 Å². The van der Waals surface area contributed by atoms with Crippen molar-refractivity contribution in [3.63, 3.8) is 0 Å². The predicted octanol–water partition coefficient (Wildman–Crippen LogP) is 2.71. The zero-order chi connectivity index (χ0) is 15.1. The van der Waals surface area contributed by atoms with Gasteiger partial charge < -0.3 is 14.7 Å². The molecule has 116 valence electrons. The van der Waals surface area contributed by atoms with Crippen LogP contribution in [-0.2, 0) is 0 Å². The monoisotopic (exact) mass is 291 g/mol. The molecule has 2 rings (SSSR count). The highest BCUT2D eigenvalue weighted by Gasteiger charge is 2.26. The second kappa shape index (κ2) is 8.03. The lowest BCUT2D eigenvalue weighted by Crippen LogP contribution is -2.29. The van der Waals surface area contributed by atoms with Gasteiger partial charge in [0.25, 0.3) is 5.91 Å². The fraction of sp³-hybridized carbons (Fsp3) is 0.588. The van der Waals surface area contributed by atoms with E-state index in [0.29, 0.717) is 12.1 Å². The van der Waals surface area contributed by atoms with Gasteiger partial charge in [0.1, 0.15) is 5.75 Å². The average molecular weight is 291 g/mol. The van der Waals surface area contributed by atoms with Crippen LogP contribution >= 0.6 is 0 Å². The van der Waals surface area contributed by atoms with Crippen LogP contribution in [0.2, 0.25) is 0 Å². The highest BCUT2D eigenvalue weighted by Crippen LogP contribution is 2.20. The van der Waals surface area contributed by atoms with Gasteiger partial charge in [-0.2, -0.15) is 0 Å². The number of ether oxygens (including phenoxy) is 1. The Morgan fingerprint density at radius 3 is 2.71 bits per heavy atom. The number of unbranched alkanes of at least 4 members (excludes halogenated alkanes) is 2. The molecule has 1 atom stereocenters. The third kappa shape index (κ3) is 4.46. The minimum Gasteiger partial charge on any atom is -0.494 e. The normalized spacial score (nSPS) is 18.0. The van der Waals surface area contributed by atoms with Crippen molar-refractivity contribution in [1.29, 1.82) is 0 Å². The first-order valence-corrected chi connectivity index (χ1v) is 7.87. The molecule has 0 aromatic heterocycles. The second-order valence-electron chi connectivity index (χ2n) is 5.67. The summed E-state index contributed by atoms with van der Waals surface area (Å²) in [6, 6.07) is 7.37. The maximum absolute atomic E-state index is 12.3. The Balaban J connectivity index is 1.85. The Labute approximate surface area is 126 Å². The van der Waals surface area contributed by atoms with Gasteiger partial charge in [-0.15, -0.1) is 0 Å². The van der Waals surface area contributed by atoms with Crippen molar-refractivity contribution >= 4 is 5.91 Å². The molecule has 1 aromatic carbocycles. The summed E-state index contributed by atoms with van der Waals surface area (Å²) in [7, 11) is 0. The fourth-order valence-corrected chi connectivity index (χ4v) is 2.58.